The van der Waals surface area contributed by atoms with E-state index in [0.717, 1.165) is 31.6 Å². The Morgan fingerprint density at radius 3 is 1.55 bits per heavy atom. The third-order valence-electron chi connectivity index (χ3n) is 6.21. The maximum absolute atomic E-state index is 10.4. The molecule has 1 N–H and O–H groups in total. The molecule has 0 rings (SSSR count). The second-order valence-electron chi connectivity index (χ2n) is 9.52. The number of hydrogen-bond donors (Lipinski definition) is 1. The van der Waals surface area contributed by atoms with Crippen molar-refractivity contribution in [3.8, 4) is 0 Å². The van der Waals surface area contributed by atoms with Crippen LogP contribution in [-0.4, -0.2) is 11.1 Å². The average molecular weight is 435 g/mol. The van der Waals surface area contributed by atoms with Gasteiger partial charge in [0.05, 0.1) is 0 Å². The van der Waals surface area contributed by atoms with Crippen LogP contribution in [0.25, 0.3) is 0 Å². The zero-order valence-corrected chi connectivity index (χ0v) is 21.1. The summed E-state index contributed by atoms with van der Waals surface area (Å²) >= 11 is 0. The first-order valence-corrected chi connectivity index (χ1v) is 13.7. The highest BCUT2D eigenvalue weighted by Crippen LogP contribution is 2.18. The van der Waals surface area contributed by atoms with E-state index < -0.39 is 5.97 Å². The lowest BCUT2D eigenvalue weighted by Gasteiger charge is -2.10. The molecule has 0 aliphatic heterocycles. The molecule has 0 radical (unpaired) electrons. The number of carboxylic acid groups (broad SMARTS) is 1. The Morgan fingerprint density at radius 2 is 1.03 bits per heavy atom. The topological polar surface area (TPSA) is 37.3 Å². The molecule has 0 saturated carbocycles. The van der Waals surface area contributed by atoms with Crippen LogP contribution in [0.2, 0.25) is 0 Å². The van der Waals surface area contributed by atoms with Gasteiger partial charge in [0.15, 0.2) is 0 Å². The maximum atomic E-state index is 10.4. The van der Waals surface area contributed by atoms with Crippen molar-refractivity contribution in [3.63, 3.8) is 0 Å². The maximum Gasteiger partial charge on any atom is 0.303 e. The number of aliphatic carboxylic acids is 1. The van der Waals surface area contributed by atoms with Crippen LogP contribution in [0.1, 0.15) is 149 Å². The highest BCUT2D eigenvalue weighted by atomic mass is 16.4. The van der Waals surface area contributed by atoms with E-state index in [9.17, 15) is 4.79 Å². The minimum atomic E-state index is -0.694. The molecule has 2 nitrogen and oxygen atoms in total. The molecule has 0 aromatic rings. The normalized spacial score (nSPS) is 12.8. The first-order chi connectivity index (χ1) is 15.2. The van der Waals surface area contributed by atoms with Crippen molar-refractivity contribution in [2.24, 2.45) is 5.92 Å². The van der Waals surface area contributed by atoms with E-state index in [0.29, 0.717) is 0 Å². The molecule has 0 heterocycles. The van der Waals surface area contributed by atoms with Crippen molar-refractivity contribution in [1.29, 1.82) is 0 Å². The monoisotopic (exact) mass is 434 g/mol. The van der Waals surface area contributed by atoms with Crippen molar-refractivity contribution in [1.82, 2.24) is 0 Å². The second kappa shape index (κ2) is 25.2. The Balaban J connectivity index is 3.21. The number of hydrogen-bond acceptors (Lipinski definition) is 1. The first kappa shape index (κ1) is 29.9. The molecule has 1 atom stereocenters. The van der Waals surface area contributed by atoms with Gasteiger partial charge in [-0.15, -0.1) is 0 Å². The lowest BCUT2D eigenvalue weighted by atomic mass is 9.96. The summed E-state index contributed by atoms with van der Waals surface area (Å²) in [5.41, 5.74) is 0. The molecule has 0 amide bonds. The Bertz CT molecular complexity index is 424. The quantitative estimate of drug-likeness (QED) is 0.121. The van der Waals surface area contributed by atoms with Crippen LogP contribution in [0.15, 0.2) is 24.3 Å². The second-order valence-corrected chi connectivity index (χ2v) is 9.52. The third kappa shape index (κ3) is 26.9. The summed E-state index contributed by atoms with van der Waals surface area (Å²) in [4.78, 5) is 10.4. The Kier molecular flexibility index (Phi) is 24.4. The fourth-order valence-electron chi connectivity index (χ4n) is 4.09. The predicted octanol–water partition coefficient (Wildman–Crippen LogP) is 10.0. The Labute approximate surface area is 195 Å². The molecule has 0 bridgehead atoms. The van der Waals surface area contributed by atoms with E-state index in [1.807, 2.05) is 0 Å². The summed E-state index contributed by atoms with van der Waals surface area (Å²) in [5.74, 6) is 0.248. The van der Waals surface area contributed by atoms with Crippen LogP contribution < -0.4 is 0 Å². The fourth-order valence-corrected chi connectivity index (χ4v) is 4.09. The van der Waals surface area contributed by atoms with Crippen LogP contribution >= 0.6 is 0 Å². The first-order valence-electron chi connectivity index (χ1n) is 13.7. The molecule has 31 heavy (non-hydrogen) atoms. The molecule has 0 saturated heterocycles. The molecule has 0 aromatic carbocycles. The zero-order valence-electron chi connectivity index (χ0n) is 21.1. The van der Waals surface area contributed by atoms with Gasteiger partial charge in [-0.05, 0) is 44.4 Å². The Morgan fingerprint density at radius 1 is 0.613 bits per heavy atom. The fraction of sp³-hybridized carbons (Fsp3) is 0.828. The van der Waals surface area contributed by atoms with Gasteiger partial charge >= 0.3 is 5.97 Å². The van der Waals surface area contributed by atoms with Gasteiger partial charge in [0.2, 0.25) is 0 Å². The van der Waals surface area contributed by atoms with Gasteiger partial charge in [-0.1, -0.05) is 128 Å². The van der Waals surface area contributed by atoms with Crippen molar-refractivity contribution >= 4 is 5.97 Å². The van der Waals surface area contributed by atoms with Gasteiger partial charge in [0, 0.05) is 6.42 Å². The summed E-state index contributed by atoms with van der Waals surface area (Å²) in [6.45, 7) is 4.74. The van der Waals surface area contributed by atoms with E-state index in [4.69, 9.17) is 5.11 Å². The summed E-state index contributed by atoms with van der Waals surface area (Å²) in [5, 5.41) is 8.57. The minimum Gasteiger partial charge on any atom is -0.481 e. The molecule has 2 heteroatoms. The van der Waals surface area contributed by atoms with E-state index in [2.05, 4.69) is 38.2 Å². The Hall–Kier alpha value is -1.05. The number of unbranched alkanes of at least 4 members (excludes halogenated alkanes) is 14. The van der Waals surface area contributed by atoms with Crippen LogP contribution in [0.4, 0.5) is 0 Å². The van der Waals surface area contributed by atoms with E-state index >= 15 is 0 Å². The number of carboxylic acids is 1. The van der Waals surface area contributed by atoms with Crippen molar-refractivity contribution < 1.29 is 9.90 Å². The summed E-state index contributed by atoms with van der Waals surface area (Å²) in [6, 6.07) is 0. The van der Waals surface area contributed by atoms with Gasteiger partial charge in [0.1, 0.15) is 0 Å². The van der Waals surface area contributed by atoms with Crippen LogP contribution in [-0.2, 0) is 4.79 Å². The van der Waals surface area contributed by atoms with Gasteiger partial charge in [0.25, 0.3) is 0 Å². The average Bonchev–Trinajstić information content (AvgIpc) is 2.75. The van der Waals surface area contributed by atoms with Gasteiger partial charge in [-0.25, -0.2) is 0 Å². The number of allylic oxidation sites excluding steroid dienone is 4. The van der Waals surface area contributed by atoms with Crippen LogP contribution in [0, 0.1) is 5.92 Å². The van der Waals surface area contributed by atoms with Crippen molar-refractivity contribution in [3.05, 3.63) is 24.3 Å². The molecule has 0 aliphatic carbocycles. The highest BCUT2D eigenvalue weighted by Gasteiger charge is 2.01. The lowest BCUT2D eigenvalue weighted by molar-refractivity contribution is -0.137. The number of rotatable bonds is 24. The van der Waals surface area contributed by atoms with Crippen LogP contribution in [0.3, 0.4) is 0 Å². The van der Waals surface area contributed by atoms with Crippen molar-refractivity contribution in [2.75, 3.05) is 0 Å². The molecule has 0 aliphatic rings. The molecule has 0 aromatic heterocycles. The molecule has 1 unspecified atom stereocenters. The molecule has 182 valence electrons. The third-order valence-corrected chi connectivity index (χ3v) is 6.21. The van der Waals surface area contributed by atoms with Crippen LogP contribution in [0.5, 0.6) is 0 Å². The van der Waals surface area contributed by atoms with E-state index in [1.165, 1.54) is 103 Å². The summed E-state index contributed by atoms with van der Waals surface area (Å²) in [7, 11) is 0. The lowest BCUT2D eigenvalue weighted by Crippen LogP contribution is -1.95. The number of carbonyl (C=O) groups is 1. The molecular weight excluding hydrogens is 380 g/mol. The van der Waals surface area contributed by atoms with Gasteiger partial charge < -0.3 is 5.11 Å². The standard InChI is InChI=1S/C29H54O2/c1-3-4-5-22-25-28(2)26-23-20-18-16-14-12-10-8-6-7-9-11-13-15-17-19-21-24-27-29(30)31/h9,11,17,19,28H,3-8,10,12-16,18,20-27H2,1-2H3,(H,30,31)/b11-9-,19-17-. The predicted molar refractivity (Wildman–Crippen MR) is 138 cm³/mol. The van der Waals surface area contributed by atoms with E-state index in [1.54, 1.807) is 0 Å². The molecular formula is C29H54O2. The highest BCUT2D eigenvalue weighted by molar-refractivity contribution is 5.66. The summed E-state index contributed by atoms with van der Waals surface area (Å²) < 4.78 is 0. The van der Waals surface area contributed by atoms with E-state index in [-0.39, 0.29) is 6.42 Å². The largest absolute Gasteiger partial charge is 0.481 e. The summed E-state index contributed by atoms with van der Waals surface area (Å²) in [6.07, 6.45) is 35.5. The molecule has 0 spiro atoms. The van der Waals surface area contributed by atoms with Gasteiger partial charge in [-0.2, -0.15) is 0 Å². The van der Waals surface area contributed by atoms with Gasteiger partial charge in [-0.3, -0.25) is 4.79 Å². The molecule has 0 fully saturated rings. The van der Waals surface area contributed by atoms with Crippen molar-refractivity contribution in [2.45, 2.75) is 149 Å². The minimum absolute atomic E-state index is 0.281. The zero-order chi connectivity index (χ0) is 22.8. The SMILES string of the molecule is CCCCCCC(C)CCCCCCCCCCC/C=C\CC/C=C\CCCC(=O)O. The smallest absolute Gasteiger partial charge is 0.303 e.